The molecule has 0 fully saturated rings. The molecule has 5 heteroatoms. The average molecular weight is 238 g/mol. The lowest BCUT2D eigenvalue weighted by Crippen LogP contribution is -1.96. The van der Waals surface area contributed by atoms with Gasteiger partial charge in [0.25, 0.3) is 0 Å². The Kier molecular flexibility index (Phi) is 3.01. The van der Waals surface area contributed by atoms with E-state index in [9.17, 15) is 4.39 Å². The zero-order valence-electron chi connectivity index (χ0n) is 8.54. The minimum atomic E-state index is -0.402. The molecule has 0 aliphatic rings. The van der Waals surface area contributed by atoms with E-state index in [1.165, 1.54) is 12.1 Å². The van der Waals surface area contributed by atoms with Crippen molar-refractivity contribution in [3.05, 3.63) is 41.3 Å². The average Bonchev–Trinajstić information content (AvgIpc) is 2.28. The van der Waals surface area contributed by atoms with Gasteiger partial charge in [-0.25, -0.2) is 14.4 Å². The summed E-state index contributed by atoms with van der Waals surface area (Å²) in [6, 6.07) is 5.94. The van der Waals surface area contributed by atoms with Crippen LogP contribution in [0.25, 0.3) is 11.4 Å². The molecule has 1 aromatic carbocycles. The highest BCUT2D eigenvalue weighted by atomic mass is 35.5. The van der Waals surface area contributed by atoms with Crippen molar-refractivity contribution in [1.82, 2.24) is 9.97 Å². The van der Waals surface area contributed by atoms with Crippen LogP contribution in [0.4, 0.5) is 10.2 Å². The summed E-state index contributed by atoms with van der Waals surface area (Å²) in [4.78, 5) is 8.26. The van der Waals surface area contributed by atoms with E-state index in [1.807, 2.05) is 0 Å². The Hall–Kier alpha value is -1.68. The van der Waals surface area contributed by atoms with Crippen LogP contribution in [0.15, 0.2) is 30.5 Å². The maximum Gasteiger partial charge on any atom is 0.161 e. The molecular weight excluding hydrogens is 229 g/mol. The maximum absolute atomic E-state index is 13.1. The van der Waals surface area contributed by atoms with Crippen molar-refractivity contribution in [2.75, 3.05) is 12.4 Å². The summed E-state index contributed by atoms with van der Waals surface area (Å²) in [5.74, 6) is 0.708. The van der Waals surface area contributed by atoms with Crippen molar-refractivity contribution in [1.29, 1.82) is 0 Å². The van der Waals surface area contributed by atoms with Crippen LogP contribution in [-0.4, -0.2) is 17.0 Å². The first-order valence-corrected chi connectivity index (χ1v) is 5.04. The van der Waals surface area contributed by atoms with Crippen LogP contribution in [0.3, 0.4) is 0 Å². The van der Waals surface area contributed by atoms with Gasteiger partial charge in [-0.05, 0) is 24.3 Å². The first-order chi connectivity index (χ1) is 7.69. The van der Waals surface area contributed by atoms with Gasteiger partial charge in [0, 0.05) is 23.8 Å². The van der Waals surface area contributed by atoms with Crippen LogP contribution in [0.1, 0.15) is 0 Å². The van der Waals surface area contributed by atoms with E-state index in [4.69, 9.17) is 11.6 Å². The third-order valence-electron chi connectivity index (χ3n) is 2.03. The number of rotatable bonds is 2. The summed E-state index contributed by atoms with van der Waals surface area (Å²) in [5, 5.41) is 3.22. The molecule has 0 bridgehead atoms. The van der Waals surface area contributed by atoms with Crippen LogP contribution in [0, 0.1) is 5.82 Å². The van der Waals surface area contributed by atoms with Crippen molar-refractivity contribution in [3.63, 3.8) is 0 Å². The summed E-state index contributed by atoms with van der Waals surface area (Å²) < 4.78 is 13.1. The number of anilines is 1. The maximum atomic E-state index is 13.1. The van der Waals surface area contributed by atoms with Crippen LogP contribution in [-0.2, 0) is 0 Å². The number of nitrogens with zero attached hydrogens (tertiary/aromatic N) is 2. The number of aromatic nitrogens is 2. The second kappa shape index (κ2) is 4.45. The fourth-order valence-corrected chi connectivity index (χ4v) is 1.54. The van der Waals surface area contributed by atoms with Crippen molar-refractivity contribution >= 4 is 17.4 Å². The number of halogens is 2. The second-order valence-corrected chi connectivity index (χ2v) is 3.61. The van der Waals surface area contributed by atoms with Crippen LogP contribution in [0.5, 0.6) is 0 Å². The topological polar surface area (TPSA) is 37.8 Å². The highest BCUT2D eigenvalue weighted by Crippen LogP contribution is 2.22. The zero-order chi connectivity index (χ0) is 11.5. The van der Waals surface area contributed by atoms with E-state index < -0.39 is 5.82 Å². The molecule has 2 aromatic rings. The lowest BCUT2D eigenvalue weighted by Gasteiger charge is -2.03. The largest absolute Gasteiger partial charge is 0.373 e. The fraction of sp³-hybridized carbons (Fsp3) is 0.0909. The third-order valence-corrected chi connectivity index (χ3v) is 2.25. The number of benzene rings is 1. The highest BCUT2D eigenvalue weighted by molar-refractivity contribution is 6.30. The smallest absolute Gasteiger partial charge is 0.161 e. The van der Waals surface area contributed by atoms with Gasteiger partial charge in [-0.3, -0.25) is 0 Å². The van der Waals surface area contributed by atoms with Gasteiger partial charge in [0.15, 0.2) is 5.82 Å². The Morgan fingerprint density at radius 1 is 1.31 bits per heavy atom. The quantitative estimate of drug-likeness (QED) is 0.873. The summed E-state index contributed by atoms with van der Waals surface area (Å²) in [7, 11) is 1.75. The van der Waals surface area contributed by atoms with Crippen LogP contribution < -0.4 is 5.32 Å². The Morgan fingerprint density at radius 3 is 2.81 bits per heavy atom. The molecule has 1 aromatic heterocycles. The monoisotopic (exact) mass is 237 g/mol. The molecule has 0 saturated heterocycles. The normalized spacial score (nSPS) is 10.2. The summed E-state index contributed by atoms with van der Waals surface area (Å²) >= 11 is 5.76. The van der Waals surface area contributed by atoms with Gasteiger partial charge in [0.05, 0.1) is 0 Å². The first kappa shape index (κ1) is 10.8. The molecule has 0 atom stereocenters. The molecular formula is C11H9ClFN3. The molecule has 1 N–H and O–H groups in total. The van der Waals surface area contributed by atoms with E-state index in [0.29, 0.717) is 22.2 Å². The van der Waals surface area contributed by atoms with Crippen LogP contribution >= 0.6 is 11.6 Å². The molecule has 0 spiro atoms. The predicted molar refractivity (Wildman–Crippen MR) is 62.0 cm³/mol. The Morgan fingerprint density at radius 2 is 2.12 bits per heavy atom. The van der Waals surface area contributed by atoms with Gasteiger partial charge < -0.3 is 5.32 Å². The van der Waals surface area contributed by atoms with Crippen molar-refractivity contribution in [2.45, 2.75) is 0 Å². The number of hydrogen-bond acceptors (Lipinski definition) is 3. The molecule has 0 aliphatic carbocycles. The standard InChI is InChI=1S/C11H9ClFN3/c1-14-10-2-3-15-11(16-10)7-4-8(12)6-9(13)5-7/h2-6H,1H3,(H,14,15,16). The Labute approximate surface area is 97.3 Å². The molecule has 0 aliphatic heterocycles. The summed E-state index contributed by atoms with van der Waals surface area (Å²) in [6.07, 6.45) is 1.60. The van der Waals surface area contributed by atoms with Gasteiger partial charge in [-0.2, -0.15) is 0 Å². The lowest BCUT2D eigenvalue weighted by molar-refractivity contribution is 0.628. The van der Waals surface area contributed by atoms with Crippen LogP contribution in [0.2, 0.25) is 5.02 Å². The van der Waals surface area contributed by atoms with Gasteiger partial charge in [0.1, 0.15) is 11.6 Å². The minimum Gasteiger partial charge on any atom is -0.373 e. The minimum absolute atomic E-state index is 0.327. The molecule has 0 radical (unpaired) electrons. The molecule has 1 heterocycles. The third kappa shape index (κ3) is 2.28. The van der Waals surface area contributed by atoms with Gasteiger partial charge in [-0.15, -0.1) is 0 Å². The summed E-state index contributed by atoms with van der Waals surface area (Å²) in [6.45, 7) is 0. The fourth-order valence-electron chi connectivity index (χ4n) is 1.32. The SMILES string of the molecule is CNc1ccnc(-c2cc(F)cc(Cl)c2)n1. The predicted octanol–water partition coefficient (Wildman–Crippen LogP) is 2.98. The van der Waals surface area contributed by atoms with E-state index in [0.717, 1.165) is 0 Å². The molecule has 82 valence electrons. The van der Waals surface area contributed by atoms with Crippen molar-refractivity contribution in [2.24, 2.45) is 0 Å². The second-order valence-electron chi connectivity index (χ2n) is 3.17. The van der Waals surface area contributed by atoms with E-state index in [-0.39, 0.29) is 0 Å². The Balaban J connectivity index is 2.49. The van der Waals surface area contributed by atoms with Gasteiger partial charge in [-0.1, -0.05) is 11.6 Å². The van der Waals surface area contributed by atoms with Crippen molar-refractivity contribution in [3.8, 4) is 11.4 Å². The Bertz CT molecular complexity index is 496. The molecule has 2 rings (SSSR count). The van der Waals surface area contributed by atoms with E-state index >= 15 is 0 Å². The molecule has 16 heavy (non-hydrogen) atoms. The first-order valence-electron chi connectivity index (χ1n) is 4.66. The van der Waals surface area contributed by atoms with Gasteiger partial charge in [0.2, 0.25) is 0 Å². The molecule has 0 saturated carbocycles. The molecule has 0 unspecified atom stereocenters. The number of nitrogens with one attached hydrogen (secondary N) is 1. The molecule has 3 nitrogen and oxygen atoms in total. The van der Waals surface area contributed by atoms with Gasteiger partial charge >= 0.3 is 0 Å². The number of hydrogen-bond donors (Lipinski definition) is 1. The zero-order valence-corrected chi connectivity index (χ0v) is 9.29. The molecule has 0 amide bonds. The van der Waals surface area contributed by atoms with E-state index in [2.05, 4.69) is 15.3 Å². The van der Waals surface area contributed by atoms with E-state index in [1.54, 1.807) is 25.4 Å². The lowest BCUT2D eigenvalue weighted by atomic mass is 10.2. The van der Waals surface area contributed by atoms with Crippen molar-refractivity contribution < 1.29 is 4.39 Å². The highest BCUT2D eigenvalue weighted by Gasteiger charge is 2.05. The summed E-state index contributed by atoms with van der Waals surface area (Å²) in [5.41, 5.74) is 0.558.